The summed E-state index contributed by atoms with van der Waals surface area (Å²) in [5, 5.41) is 16.4. The molecule has 100 valence electrons. The van der Waals surface area contributed by atoms with Crippen LogP contribution in [0.1, 0.15) is 0 Å². The summed E-state index contributed by atoms with van der Waals surface area (Å²) in [6.45, 7) is 6.72. The Morgan fingerprint density at radius 2 is 1.84 bits per heavy atom. The Kier molecular flexibility index (Phi) is 3.77. The average molecular weight is 387 g/mol. The van der Waals surface area contributed by atoms with Gasteiger partial charge in [-0.2, -0.15) is 5.10 Å². The molecular formula is C12H14IN3O2Si. The summed E-state index contributed by atoms with van der Waals surface area (Å²) < 4.78 is 2.85. The van der Waals surface area contributed by atoms with Gasteiger partial charge in [0, 0.05) is 17.4 Å². The summed E-state index contributed by atoms with van der Waals surface area (Å²) in [7, 11) is -1.45. The van der Waals surface area contributed by atoms with Crippen molar-refractivity contribution in [1.29, 1.82) is 0 Å². The van der Waals surface area contributed by atoms with E-state index in [-0.39, 0.29) is 5.69 Å². The van der Waals surface area contributed by atoms with E-state index < -0.39 is 13.0 Å². The Hall–Kier alpha value is -1.22. The van der Waals surface area contributed by atoms with E-state index in [2.05, 4.69) is 53.4 Å². The number of non-ortho nitro benzene ring substituents is 1. The molecule has 7 heteroatoms. The summed E-state index contributed by atoms with van der Waals surface area (Å²) in [4.78, 5) is 10.2. The Morgan fingerprint density at radius 1 is 1.26 bits per heavy atom. The van der Waals surface area contributed by atoms with E-state index >= 15 is 0 Å². The van der Waals surface area contributed by atoms with Crippen LogP contribution in [-0.4, -0.2) is 22.8 Å². The fourth-order valence-electron chi connectivity index (χ4n) is 1.62. The van der Waals surface area contributed by atoms with Crippen LogP contribution >= 0.6 is 22.6 Å². The smallest absolute Gasteiger partial charge is 0.258 e. The van der Waals surface area contributed by atoms with Gasteiger partial charge in [-0.05, 0) is 40.8 Å². The molecule has 0 saturated carbocycles. The molecule has 0 atom stereocenters. The van der Waals surface area contributed by atoms with Crippen LogP contribution < -0.4 is 5.32 Å². The van der Waals surface area contributed by atoms with Crippen LogP contribution in [0.25, 0.3) is 5.69 Å². The average Bonchev–Trinajstić information content (AvgIpc) is 2.71. The summed E-state index contributed by atoms with van der Waals surface area (Å²) in [5.74, 6) is 0. The largest absolute Gasteiger partial charge is 0.269 e. The predicted molar refractivity (Wildman–Crippen MR) is 85.9 cm³/mol. The van der Waals surface area contributed by atoms with Gasteiger partial charge in [-0.15, -0.1) is 0 Å². The third-order valence-electron chi connectivity index (χ3n) is 2.74. The van der Waals surface area contributed by atoms with E-state index in [1.165, 1.54) is 12.1 Å². The maximum absolute atomic E-state index is 10.6. The van der Waals surface area contributed by atoms with Gasteiger partial charge in [0.15, 0.2) is 0 Å². The van der Waals surface area contributed by atoms with Gasteiger partial charge in [0.25, 0.3) is 5.69 Å². The maximum Gasteiger partial charge on any atom is 0.269 e. The molecule has 5 nitrogen and oxygen atoms in total. The van der Waals surface area contributed by atoms with Gasteiger partial charge in [0.2, 0.25) is 0 Å². The van der Waals surface area contributed by atoms with Crippen molar-refractivity contribution in [2.75, 3.05) is 0 Å². The molecule has 0 aliphatic heterocycles. The second-order valence-electron chi connectivity index (χ2n) is 5.29. The zero-order chi connectivity index (χ0) is 14.2. The lowest BCUT2D eigenvalue weighted by Gasteiger charge is -2.11. The van der Waals surface area contributed by atoms with Crippen molar-refractivity contribution in [3.05, 3.63) is 44.1 Å². The van der Waals surface area contributed by atoms with Gasteiger partial charge in [0.05, 0.1) is 10.6 Å². The molecule has 0 bridgehead atoms. The first-order valence-corrected chi connectivity index (χ1v) is 10.4. The van der Waals surface area contributed by atoms with Crippen molar-refractivity contribution in [3.63, 3.8) is 0 Å². The number of benzene rings is 1. The standard InChI is InChI=1S/C12H14IN3O2Si/c1-19(2,3)12-8-11(13)15(14-12)9-4-6-10(7-5-9)16(17)18/h4-8H,1-3H3. The van der Waals surface area contributed by atoms with Crippen LogP contribution in [0, 0.1) is 13.8 Å². The van der Waals surface area contributed by atoms with E-state index in [0.717, 1.165) is 14.7 Å². The van der Waals surface area contributed by atoms with E-state index in [4.69, 9.17) is 0 Å². The molecule has 2 aromatic rings. The van der Waals surface area contributed by atoms with Gasteiger partial charge in [-0.3, -0.25) is 10.1 Å². The van der Waals surface area contributed by atoms with Gasteiger partial charge in [-0.25, -0.2) is 4.68 Å². The van der Waals surface area contributed by atoms with Crippen molar-refractivity contribution >= 4 is 41.7 Å². The fourth-order valence-corrected chi connectivity index (χ4v) is 3.57. The molecule has 0 amide bonds. The Bertz CT molecular complexity index is 617. The molecule has 0 spiro atoms. The number of hydrogen-bond acceptors (Lipinski definition) is 3. The third-order valence-corrected chi connectivity index (χ3v) is 5.29. The summed E-state index contributed by atoms with van der Waals surface area (Å²) in [6.07, 6.45) is 0. The second kappa shape index (κ2) is 5.04. The van der Waals surface area contributed by atoms with Crippen molar-refractivity contribution in [3.8, 4) is 5.69 Å². The van der Waals surface area contributed by atoms with Gasteiger partial charge in [-0.1, -0.05) is 19.6 Å². The number of aromatic nitrogens is 2. The minimum atomic E-state index is -1.45. The van der Waals surface area contributed by atoms with Gasteiger partial charge >= 0.3 is 0 Å². The Morgan fingerprint density at radius 3 is 2.26 bits per heavy atom. The number of nitro benzene ring substituents is 1. The molecule has 1 heterocycles. The van der Waals surface area contributed by atoms with Crippen molar-refractivity contribution in [1.82, 2.24) is 9.78 Å². The maximum atomic E-state index is 10.6. The van der Waals surface area contributed by atoms with Crippen LogP contribution in [0.3, 0.4) is 0 Å². The van der Waals surface area contributed by atoms with Crippen molar-refractivity contribution in [2.45, 2.75) is 19.6 Å². The van der Waals surface area contributed by atoms with Gasteiger partial charge in [0.1, 0.15) is 11.8 Å². The third kappa shape index (κ3) is 3.03. The number of nitro groups is 1. The predicted octanol–water partition coefficient (Wildman–Crippen LogP) is 2.93. The topological polar surface area (TPSA) is 61.0 Å². The zero-order valence-corrected chi connectivity index (χ0v) is 14.1. The molecule has 1 aromatic carbocycles. The molecule has 19 heavy (non-hydrogen) atoms. The van der Waals surface area contributed by atoms with Crippen LogP contribution in [0.4, 0.5) is 5.69 Å². The molecule has 1 aromatic heterocycles. The van der Waals surface area contributed by atoms with Gasteiger partial charge < -0.3 is 0 Å². The fraction of sp³-hybridized carbons (Fsp3) is 0.250. The molecule has 0 unspecified atom stereocenters. The van der Waals surface area contributed by atoms with E-state index in [9.17, 15) is 10.1 Å². The highest BCUT2D eigenvalue weighted by atomic mass is 127. The molecule has 0 N–H and O–H groups in total. The lowest BCUT2D eigenvalue weighted by molar-refractivity contribution is -0.384. The number of hydrogen-bond donors (Lipinski definition) is 0. The molecule has 0 saturated heterocycles. The summed E-state index contributed by atoms with van der Waals surface area (Å²) in [6, 6.07) is 8.54. The lowest BCUT2D eigenvalue weighted by atomic mass is 10.3. The molecule has 0 aliphatic carbocycles. The minimum Gasteiger partial charge on any atom is -0.258 e. The minimum absolute atomic E-state index is 0.0938. The van der Waals surface area contributed by atoms with Crippen LogP contribution in [-0.2, 0) is 0 Å². The van der Waals surface area contributed by atoms with Crippen molar-refractivity contribution in [2.24, 2.45) is 0 Å². The van der Waals surface area contributed by atoms with E-state index in [0.29, 0.717) is 0 Å². The monoisotopic (exact) mass is 387 g/mol. The molecular weight excluding hydrogens is 373 g/mol. The summed E-state index contributed by atoms with van der Waals surface area (Å²) in [5.41, 5.74) is 0.941. The first-order chi connectivity index (χ1) is 8.79. The molecule has 0 fully saturated rings. The first kappa shape index (κ1) is 14.2. The normalized spacial score (nSPS) is 11.6. The Labute approximate surface area is 125 Å². The number of nitrogens with zero attached hydrogens (tertiary/aromatic N) is 3. The highest BCUT2D eigenvalue weighted by Crippen LogP contribution is 2.17. The SMILES string of the molecule is C[Si](C)(C)c1cc(I)n(-c2ccc([N+](=O)[O-])cc2)n1. The number of halogens is 1. The molecule has 0 radical (unpaired) electrons. The highest BCUT2D eigenvalue weighted by Gasteiger charge is 2.22. The van der Waals surface area contributed by atoms with Crippen LogP contribution in [0.2, 0.25) is 19.6 Å². The first-order valence-electron chi connectivity index (χ1n) is 5.80. The number of rotatable bonds is 3. The second-order valence-corrected chi connectivity index (χ2v) is 11.4. The van der Waals surface area contributed by atoms with E-state index in [1.807, 2.05) is 4.68 Å². The van der Waals surface area contributed by atoms with E-state index in [1.54, 1.807) is 12.1 Å². The molecule has 0 aliphatic rings. The molecule has 2 rings (SSSR count). The zero-order valence-electron chi connectivity index (χ0n) is 10.9. The quantitative estimate of drug-likeness (QED) is 0.352. The summed E-state index contributed by atoms with van der Waals surface area (Å²) >= 11 is 2.24. The Balaban J connectivity index is 2.42. The van der Waals surface area contributed by atoms with Crippen molar-refractivity contribution < 1.29 is 4.92 Å². The van der Waals surface area contributed by atoms with Crippen LogP contribution in [0.15, 0.2) is 30.3 Å². The highest BCUT2D eigenvalue weighted by molar-refractivity contribution is 14.1. The lowest BCUT2D eigenvalue weighted by Crippen LogP contribution is -2.39. The van der Waals surface area contributed by atoms with Crippen LogP contribution in [0.5, 0.6) is 0 Å².